The van der Waals surface area contributed by atoms with Crippen molar-refractivity contribution < 1.29 is 4.79 Å². The lowest BCUT2D eigenvalue weighted by atomic mass is 9.82. The molecule has 1 amide bonds. The largest absolute Gasteiger partial charge is 0.325 e. The molecule has 1 aromatic rings. The third-order valence-corrected chi connectivity index (χ3v) is 3.58. The van der Waals surface area contributed by atoms with Gasteiger partial charge in [0.05, 0.1) is 0 Å². The van der Waals surface area contributed by atoms with Crippen LogP contribution in [-0.2, 0) is 11.2 Å². The maximum absolute atomic E-state index is 11.7. The van der Waals surface area contributed by atoms with E-state index in [1.165, 1.54) is 16.7 Å². The molecule has 2 aliphatic rings. The van der Waals surface area contributed by atoms with E-state index >= 15 is 0 Å². The summed E-state index contributed by atoms with van der Waals surface area (Å²) in [5.41, 5.74) is 5.09. The second-order valence-electron chi connectivity index (χ2n) is 4.73. The molecule has 0 radical (unpaired) electrons. The first-order valence-electron chi connectivity index (χ1n) is 5.87. The van der Waals surface area contributed by atoms with E-state index < -0.39 is 0 Å². The summed E-state index contributed by atoms with van der Waals surface area (Å²) in [6, 6.07) is 8.38. The standard InChI is InChI=1S/C14H15NO/c1-9-8-11-7-6-10-4-2-3-5-12(10)13(11)15-14(9)16/h2-5,9H,6-8H2,1H3,(H,15,16). The summed E-state index contributed by atoms with van der Waals surface area (Å²) in [5, 5.41) is 3.06. The van der Waals surface area contributed by atoms with Crippen molar-refractivity contribution >= 4 is 11.6 Å². The predicted octanol–water partition coefficient (Wildman–Crippen LogP) is 2.50. The first kappa shape index (κ1) is 9.64. The predicted molar refractivity (Wildman–Crippen MR) is 63.6 cm³/mol. The first-order chi connectivity index (χ1) is 7.75. The van der Waals surface area contributed by atoms with E-state index in [1.807, 2.05) is 13.0 Å². The van der Waals surface area contributed by atoms with E-state index in [0.717, 1.165) is 25.0 Å². The van der Waals surface area contributed by atoms with Gasteiger partial charge >= 0.3 is 0 Å². The zero-order valence-corrected chi connectivity index (χ0v) is 9.42. The summed E-state index contributed by atoms with van der Waals surface area (Å²) in [6.45, 7) is 2.00. The number of hydrogen-bond acceptors (Lipinski definition) is 1. The van der Waals surface area contributed by atoms with Crippen molar-refractivity contribution in [2.45, 2.75) is 26.2 Å². The number of rotatable bonds is 0. The number of hydrogen-bond donors (Lipinski definition) is 1. The Kier molecular flexibility index (Phi) is 2.10. The highest BCUT2D eigenvalue weighted by atomic mass is 16.1. The number of aryl methyl sites for hydroxylation is 1. The molecule has 82 valence electrons. The Morgan fingerprint density at radius 2 is 2.06 bits per heavy atom. The van der Waals surface area contributed by atoms with Gasteiger partial charge in [-0.15, -0.1) is 0 Å². The van der Waals surface area contributed by atoms with Crippen LogP contribution < -0.4 is 5.32 Å². The molecule has 1 aliphatic carbocycles. The van der Waals surface area contributed by atoms with Crippen LogP contribution in [0.25, 0.3) is 5.70 Å². The summed E-state index contributed by atoms with van der Waals surface area (Å²) < 4.78 is 0. The van der Waals surface area contributed by atoms with Gasteiger partial charge in [-0.2, -0.15) is 0 Å². The zero-order chi connectivity index (χ0) is 11.1. The molecule has 0 saturated carbocycles. The van der Waals surface area contributed by atoms with Gasteiger partial charge in [-0.05, 0) is 30.4 Å². The van der Waals surface area contributed by atoms with E-state index in [-0.39, 0.29) is 11.8 Å². The highest BCUT2D eigenvalue weighted by Gasteiger charge is 2.28. The Bertz CT molecular complexity index is 487. The summed E-state index contributed by atoms with van der Waals surface area (Å²) in [7, 11) is 0. The second kappa shape index (κ2) is 3.48. The molecule has 0 fully saturated rings. The van der Waals surface area contributed by atoms with Crippen LogP contribution in [0.15, 0.2) is 29.8 Å². The van der Waals surface area contributed by atoms with Crippen molar-refractivity contribution in [2.75, 3.05) is 0 Å². The van der Waals surface area contributed by atoms with E-state index in [0.29, 0.717) is 0 Å². The average Bonchev–Trinajstić information content (AvgIpc) is 2.31. The third kappa shape index (κ3) is 1.37. The molecule has 1 unspecified atom stereocenters. The van der Waals surface area contributed by atoms with Crippen LogP contribution in [0.3, 0.4) is 0 Å². The molecule has 1 aliphatic heterocycles. The minimum Gasteiger partial charge on any atom is -0.325 e. The summed E-state index contributed by atoms with van der Waals surface area (Å²) in [5.74, 6) is 0.291. The fourth-order valence-electron chi connectivity index (χ4n) is 2.65. The van der Waals surface area contributed by atoms with Crippen LogP contribution in [0.5, 0.6) is 0 Å². The monoisotopic (exact) mass is 213 g/mol. The van der Waals surface area contributed by atoms with Crippen LogP contribution in [0, 0.1) is 5.92 Å². The average molecular weight is 213 g/mol. The molecular formula is C14H15NO. The smallest absolute Gasteiger partial charge is 0.227 e. The van der Waals surface area contributed by atoms with E-state index in [4.69, 9.17) is 0 Å². The van der Waals surface area contributed by atoms with Crippen molar-refractivity contribution in [1.29, 1.82) is 0 Å². The molecule has 2 nitrogen and oxygen atoms in total. The number of carbonyl (C=O) groups excluding carboxylic acids is 1. The molecule has 0 aromatic heterocycles. The van der Waals surface area contributed by atoms with Crippen LogP contribution in [0.4, 0.5) is 0 Å². The number of fused-ring (bicyclic) bond motifs is 2. The Hall–Kier alpha value is -1.57. The van der Waals surface area contributed by atoms with Crippen molar-refractivity contribution in [2.24, 2.45) is 5.92 Å². The third-order valence-electron chi connectivity index (χ3n) is 3.58. The summed E-state index contributed by atoms with van der Waals surface area (Å²) >= 11 is 0. The normalized spacial score (nSPS) is 23.6. The Morgan fingerprint density at radius 1 is 1.25 bits per heavy atom. The van der Waals surface area contributed by atoms with E-state index in [2.05, 4.69) is 23.5 Å². The summed E-state index contributed by atoms with van der Waals surface area (Å²) in [6.07, 6.45) is 3.13. The number of amides is 1. The number of benzene rings is 1. The SMILES string of the molecule is CC1CC2=C(NC1=O)c1ccccc1CC2. The minimum atomic E-state index is 0.129. The number of carbonyl (C=O) groups is 1. The highest BCUT2D eigenvalue weighted by Crippen LogP contribution is 2.35. The lowest BCUT2D eigenvalue weighted by Gasteiger charge is -2.30. The highest BCUT2D eigenvalue weighted by molar-refractivity contribution is 5.92. The van der Waals surface area contributed by atoms with Crippen molar-refractivity contribution in [3.8, 4) is 0 Å². The van der Waals surface area contributed by atoms with Crippen LogP contribution in [0.2, 0.25) is 0 Å². The van der Waals surface area contributed by atoms with Crippen LogP contribution in [0.1, 0.15) is 30.9 Å². The minimum absolute atomic E-state index is 0.129. The van der Waals surface area contributed by atoms with Gasteiger partial charge in [0.2, 0.25) is 5.91 Å². The van der Waals surface area contributed by atoms with Gasteiger partial charge in [0.1, 0.15) is 0 Å². The van der Waals surface area contributed by atoms with Gasteiger partial charge in [0, 0.05) is 17.2 Å². The molecule has 2 heteroatoms. The first-order valence-corrected chi connectivity index (χ1v) is 5.87. The van der Waals surface area contributed by atoms with Gasteiger partial charge in [0.25, 0.3) is 0 Å². The molecule has 16 heavy (non-hydrogen) atoms. The maximum Gasteiger partial charge on any atom is 0.227 e. The molecule has 0 saturated heterocycles. The zero-order valence-electron chi connectivity index (χ0n) is 9.42. The van der Waals surface area contributed by atoms with Gasteiger partial charge in [-0.3, -0.25) is 4.79 Å². The second-order valence-corrected chi connectivity index (χ2v) is 4.73. The molecule has 3 rings (SSSR count). The fraction of sp³-hybridized carbons (Fsp3) is 0.357. The number of allylic oxidation sites excluding steroid dienone is 1. The Morgan fingerprint density at radius 3 is 2.94 bits per heavy atom. The van der Waals surface area contributed by atoms with Crippen molar-refractivity contribution in [3.05, 3.63) is 41.0 Å². The molecule has 1 aromatic carbocycles. The van der Waals surface area contributed by atoms with Gasteiger partial charge in [0.15, 0.2) is 0 Å². The quantitative estimate of drug-likeness (QED) is 0.705. The van der Waals surface area contributed by atoms with Crippen molar-refractivity contribution in [3.63, 3.8) is 0 Å². The molecule has 0 bridgehead atoms. The van der Waals surface area contributed by atoms with Crippen LogP contribution >= 0.6 is 0 Å². The fourth-order valence-corrected chi connectivity index (χ4v) is 2.65. The molecular weight excluding hydrogens is 198 g/mol. The lowest BCUT2D eigenvalue weighted by Crippen LogP contribution is -2.35. The lowest BCUT2D eigenvalue weighted by molar-refractivity contribution is -0.123. The molecule has 1 N–H and O–H groups in total. The van der Waals surface area contributed by atoms with Crippen LogP contribution in [-0.4, -0.2) is 5.91 Å². The van der Waals surface area contributed by atoms with E-state index in [1.54, 1.807) is 0 Å². The van der Waals surface area contributed by atoms with E-state index in [9.17, 15) is 4.79 Å². The molecule has 1 atom stereocenters. The Labute approximate surface area is 95.4 Å². The topological polar surface area (TPSA) is 29.1 Å². The molecule has 0 spiro atoms. The summed E-state index contributed by atoms with van der Waals surface area (Å²) in [4.78, 5) is 11.7. The number of nitrogens with one attached hydrogen (secondary N) is 1. The van der Waals surface area contributed by atoms with Gasteiger partial charge in [-0.1, -0.05) is 31.2 Å². The van der Waals surface area contributed by atoms with Gasteiger partial charge in [-0.25, -0.2) is 0 Å². The Balaban J connectivity index is 2.10. The molecule has 1 heterocycles. The van der Waals surface area contributed by atoms with Crippen molar-refractivity contribution in [1.82, 2.24) is 5.32 Å². The maximum atomic E-state index is 11.7. The van der Waals surface area contributed by atoms with Gasteiger partial charge < -0.3 is 5.32 Å².